The van der Waals surface area contributed by atoms with Gasteiger partial charge in [-0.2, -0.15) is 4.72 Å². The number of carbonyl (C=O) groups is 2. The molecule has 178 valence electrons. The summed E-state index contributed by atoms with van der Waals surface area (Å²) in [7, 11) is -4.06. The maximum Gasteiger partial charge on any atom is 0.242 e. The Balaban J connectivity index is 2.21. The zero-order valence-corrected chi connectivity index (χ0v) is 20.2. The predicted octanol–water partition coefficient (Wildman–Crippen LogP) is 0.362. The number of hydrogen-bond donors (Lipinski definition) is 5. The summed E-state index contributed by atoms with van der Waals surface area (Å²) in [6.07, 6.45) is 0.567. The Bertz CT molecular complexity index is 1090. The Kier molecular flexibility index (Phi) is 9.82. The van der Waals surface area contributed by atoms with Gasteiger partial charge in [-0.15, -0.1) is 0 Å². The number of hydrogen-bond acceptors (Lipinski definition) is 5. The highest BCUT2D eigenvalue weighted by Gasteiger charge is 2.29. The van der Waals surface area contributed by atoms with E-state index in [4.69, 9.17) is 17.2 Å². The molecule has 0 saturated carbocycles. The molecule has 12 heteroatoms. The van der Waals surface area contributed by atoms with Crippen molar-refractivity contribution in [2.75, 3.05) is 6.54 Å². The normalized spacial score (nSPS) is 13.0. The lowest BCUT2D eigenvalue weighted by Gasteiger charge is -2.22. The number of amides is 2. The van der Waals surface area contributed by atoms with E-state index in [0.717, 1.165) is 5.56 Å². The van der Waals surface area contributed by atoms with E-state index in [1.165, 1.54) is 6.07 Å². The Morgan fingerprint density at radius 3 is 2.21 bits per heavy atom. The van der Waals surface area contributed by atoms with E-state index in [2.05, 4.69) is 31.0 Å². The smallest absolute Gasteiger partial charge is 0.242 e. The van der Waals surface area contributed by atoms with Crippen LogP contribution in [0.3, 0.4) is 0 Å². The van der Waals surface area contributed by atoms with Gasteiger partial charge in [-0.1, -0.05) is 42.5 Å². The third kappa shape index (κ3) is 8.48. The molecule has 2 aromatic rings. The summed E-state index contributed by atoms with van der Waals surface area (Å²) in [6.45, 7) is 0.201. The van der Waals surface area contributed by atoms with E-state index in [1.54, 1.807) is 42.5 Å². The van der Waals surface area contributed by atoms with Gasteiger partial charge in [0.15, 0.2) is 5.96 Å². The SMILES string of the molecule is NC(=O)[C@H](Cc1ccccc1)NC(=O)C(CCCN=C(N)N)NS(=O)(=O)c1ccccc1Br. The molecule has 0 bridgehead atoms. The Morgan fingerprint density at radius 1 is 0.970 bits per heavy atom. The van der Waals surface area contributed by atoms with Crippen molar-refractivity contribution in [1.29, 1.82) is 0 Å². The summed E-state index contributed by atoms with van der Waals surface area (Å²) in [6, 6.07) is 13.0. The van der Waals surface area contributed by atoms with Crippen LogP contribution in [0.1, 0.15) is 18.4 Å². The van der Waals surface area contributed by atoms with Crippen LogP contribution in [0.25, 0.3) is 0 Å². The Hall–Kier alpha value is -2.96. The van der Waals surface area contributed by atoms with Gasteiger partial charge in [0.05, 0.1) is 4.90 Å². The molecule has 2 aromatic carbocycles. The third-order valence-corrected chi connectivity index (χ3v) is 7.11. The number of benzene rings is 2. The molecular weight excluding hydrogens is 512 g/mol. The zero-order chi connectivity index (χ0) is 24.4. The fourth-order valence-electron chi connectivity index (χ4n) is 3.01. The largest absolute Gasteiger partial charge is 0.370 e. The number of nitrogens with zero attached hydrogens (tertiary/aromatic N) is 1. The van der Waals surface area contributed by atoms with Crippen molar-refractivity contribution in [1.82, 2.24) is 10.0 Å². The molecule has 0 aromatic heterocycles. The van der Waals surface area contributed by atoms with Crippen LogP contribution < -0.4 is 27.2 Å². The molecule has 2 amide bonds. The summed E-state index contributed by atoms with van der Waals surface area (Å²) in [5.41, 5.74) is 16.9. The van der Waals surface area contributed by atoms with Crippen LogP contribution in [0.5, 0.6) is 0 Å². The number of primary amides is 1. The molecule has 0 aliphatic rings. The highest BCUT2D eigenvalue weighted by Crippen LogP contribution is 2.21. The van der Waals surface area contributed by atoms with Crippen molar-refractivity contribution >= 4 is 43.7 Å². The van der Waals surface area contributed by atoms with Crippen LogP contribution in [0, 0.1) is 0 Å². The Labute approximate surface area is 201 Å². The molecular formula is C21H27BrN6O4S. The van der Waals surface area contributed by atoms with E-state index in [1.807, 2.05) is 6.07 Å². The van der Waals surface area contributed by atoms with Crippen molar-refractivity contribution < 1.29 is 18.0 Å². The number of carbonyl (C=O) groups excluding carboxylic acids is 2. The van der Waals surface area contributed by atoms with Gasteiger partial charge in [0, 0.05) is 17.4 Å². The molecule has 8 N–H and O–H groups in total. The summed E-state index contributed by atoms with van der Waals surface area (Å²) >= 11 is 3.21. The predicted molar refractivity (Wildman–Crippen MR) is 129 cm³/mol. The molecule has 0 saturated heterocycles. The standard InChI is InChI=1S/C21H27BrN6O4S/c22-15-9-4-5-11-18(15)33(31,32)28-16(10-6-12-26-21(24)25)20(30)27-17(19(23)29)13-14-7-2-1-3-8-14/h1-5,7-9,11,16-17,28H,6,10,12-13H2,(H2,23,29)(H,27,30)(H4,24,25,26)/t16?,17-/m0/s1. The second-order valence-electron chi connectivity index (χ2n) is 7.21. The lowest BCUT2D eigenvalue weighted by atomic mass is 10.0. The molecule has 2 rings (SSSR count). The maximum absolute atomic E-state index is 13.0. The number of rotatable bonds is 12. The average molecular weight is 539 g/mol. The first-order valence-electron chi connectivity index (χ1n) is 10.1. The molecule has 0 spiro atoms. The van der Waals surface area contributed by atoms with Gasteiger partial charge in [-0.25, -0.2) is 8.42 Å². The molecule has 0 aliphatic carbocycles. The molecule has 0 aliphatic heterocycles. The number of guanidine groups is 1. The lowest BCUT2D eigenvalue weighted by molar-refractivity contribution is -0.128. The number of nitrogens with one attached hydrogen (secondary N) is 2. The highest BCUT2D eigenvalue weighted by atomic mass is 79.9. The van der Waals surface area contributed by atoms with Gasteiger partial charge in [0.25, 0.3) is 0 Å². The quantitative estimate of drug-likeness (QED) is 0.147. The molecule has 10 nitrogen and oxygen atoms in total. The van der Waals surface area contributed by atoms with E-state index in [9.17, 15) is 18.0 Å². The number of nitrogens with two attached hydrogens (primary N) is 3. The van der Waals surface area contributed by atoms with E-state index >= 15 is 0 Å². The molecule has 33 heavy (non-hydrogen) atoms. The van der Waals surface area contributed by atoms with Crippen molar-refractivity contribution in [2.24, 2.45) is 22.2 Å². The van der Waals surface area contributed by atoms with Gasteiger partial charge in [-0.3, -0.25) is 14.6 Å². The van der Waals surface area contributed by atoms with Crippen molar-refractivity contribution in [3.8, 4) is 0 Å². The van der Waals surface area contributed by atoms with Crippen LogP contribution in [-0.4, -0.2) is 44.8 Å². The average Bonchev–Trinajstić information content (AvgIpc) is 2.76. The summed E-state index contributed by atoms with van der Waals surface area (Å²) in [5, 5.41) is 2.57. The topological polar surface area (TPSA) is 183 Å². The van der Waals surface area contributed by atoms with Crippen LogP contribution >= 0.6 is 15.9 Å². The molecule has 1 unspecified atom stereocenters. The monoisotopic (exact) mass is 538 g/mol. The van der Waals surface area contributed by atoms with Crippen LogP contribution in [0.2, 0.25) is 0 Å². The first-order valence-corrected chi connectivity index (χ1v) is 12.3. The van der Waals surface area contributed by atoms with Gasteiger partial charge >= 0.3 is 0 Å². The highest BCUT2D eigenvalue weighted by molar-refractivity contribution is 9.10. The minimum absolute atomic E-state index is 0.0252. The molecule has 0 radical (unpaired) electrons. The second-order valence-corrected chi connectivity index (χ2v) is 9.74. The van der Waals surface area contributed by atoms with Crippen LogP contribution in [-0.2, 0) is 26.0 Å². The third-order valence-electron chi connectivity index (χ3n) is 4.63. The van der Waals surface area contributed by atoms with Crippen molar-refractivity contribution in [3.05, 3.63) is 64.6 Å². The fourth-order valence-corrected chi connectivity index (χ4v) is 5.24. The van der Waals surface area contributed by atoms with E-state index in [0.29, 0.717) is 10.9 Å². The lowest BCUT2D eigenvalue weighted by Crippen LogP contribution is -2.53. The van der Waals surface area contributed by atoms with Gasteiger partial charge in [0.2, 0.25) is 21.8 Å². The first kappa shape index (κ1) is 26.3. The molecule has 0 fully saturated rings. The van der Waals surface area contributed by atoms with Crippen LogP contribution in [0.4, 0.5) is 0 Å². The second kappa shape index (κ2) is 12.3. The fraction of sp³-hybridized carbons (Fsp3) is 0.286. The maximum atomic E-state index is 13.0. The minimum Gasteiger partial charge on any atom is -0.370 e. The zero-order valence-electron chi connectivity index (χ0n) is 17.8. The molecule has 2 atom stereocenters. The van der Waals surface area contributed by atoms with Crippen molar-refractivity contribution in [2.45, 2.75) is 36.2 Å². The van der Waals surface area contributed by atoms with E-state index < -0.39 is 33.9 Å². The van der Waals surface area contributed by atoms with Gasteiger partial charge < -0.3 is 22.5 Å². The number of sulfonamides is 1. The van der Waals surface area contributed by atoms with E-state index in [-0.39, 0.29) is 30.2 Å². The minimum atomic E-state index is -4.06. The number of halogens is 1. The van der Waals surface area contributed by atoms with Crippen LogP contribution in [0.15, 0.2) is 69.0 Å². The summed E-state index contributed by atoms with van der Waals surface area (Å²) in [5.74, 6) is -1.53. The first-order chi connectivity index (χ1) is 15.6. The Morgan fingerprint density at radius 2 is 1.61 bits per heavy atom. The number of aliphatic imine (C=N–C) groups is 1. The summed E-state index contributed by atoms with van der Waals surface area (Å²) < 4.78 is 28.6. The molecule has 0 heterocycles. The van der Waals surface area contributed by atoms with Crippen molar-refractivity contribution in [3.63, 3.8) is 0 Å². The van der Waals surface area contributed by atoms with Gasteiger partial charge in [-0.05, 0) is 46.5 Å². The van der Waals surface area contributed by atoms with Gasteiger partial charge in [0.1, 0.15) is 12.1 Å². The summed E-state index contributed by atoms with van der Waals surface area (Å²) in [4.78, 5) is 28.8.